The van der Waals surface area contributed by atoms with Crippen LogP contribution < -0.4 is 5.32 Å². The number of benzene rings is 1. The first-order valence-electron chi connectivity index (χ1n) is 8.06. The molecular formula is C19H22N2O2. The summed E-state index contributed by atoms with van der Waals surface area (Å²) in [6.07, 6.45) is 6.16. The van der Waals surface area contributed by atoms with E-state index in [1.165, 1.54) is 6.08 Å². The Kier molecular flexibility index (Phi) is 4.44. The van der Waals surface area contributed by atoms with Crippen LogP contribution in [0.1, 0.15) is 31.9 Å². The van der Waals surface area contributed by atoms with Crippen LogP contribution in [0.3, 0.4) is 0 Å². The van der Waals surface area contributed by atoms with Gasteiger partial charge in [-0.25, -0.2) is 4.98 Å². The zero-order valence-electron chi connectivity index (χ0n) is 13.3. The van der Waals surface area contributed by atoms with E-state index in [2.05, 4.69) is 10.3 Å². The number of hydrogen-bond acceptors (Lipinski definition) is 3. The predicted molar refractivity (Wildman–Crippen MR) is 91.8 cm³/mol. The Morgan fingerprint density at radius 3 is 3.04 bits per heavy atom. The highest BCUT2D eigenvalue weighted by Gasteiger charge is 2.38. The third-order valence-electron chi connectivity index (χ3n) is 4.79. The summed E-state index contributed by atoms with van der Waals surface area (Å²) in [5.41, 5.74) is 1.47. The second kappa shape index (κ2) is 6.50. The summed E-state index contributed by atoms with van der Waals surface area (Å²) in [6.45, 7) is 2.13. The van der Waals surface area contributed by atoms with Gasteiger partial charge in [0.15, 0.2) is 0 Å². The van der Waals surface area contributed by atoms with E-state index < -0.39 is 0 Å². The predicted octanol–water partition coefficient (Wildman–Crippen LogP) is 2.92. The van der Waals surface area contributed by atoms with Crippen molar-refractivity contribution in [1.82, 2.24) is 10.3 Å². The van der Waals surface area contributed by atoms with E-state index in [1.807, 2.05) is 43.3 Å². The largest absolute Gasteiger partial charge is 0.396 e. The van der Waals surface area contributed by atoms with Crippen molar-refractivity contribution in [3.63, 3.8) is 0 Å². The molecule has 1 aromatic heterocycles. The van der Waals surface area contributed by atoms with Gasteiger partial charge < -0.3 is 10.4 Å². The molecule has 2 aromatic rings. The van der Waals surface area contributed by atoms with Crippen LogP contribution in [-0.2, 0) is 4.79 Å². The number of aromatic nitrogens is 1. The monoisotopic (exact) mass is 310 g/mol. The highest BCUT2D eigenvalue weighted by atomic mass is 16.3. The first-order chi connectivity index (χ1) is 11.1. The summed E-state index contributed by atoms with van der Waals surface area (Å²) in [4.78, 5) is 16.6. The van der Waals surface area contributed by atoms with Crippen LogP contribution in [0, 0.1) is 5.41 Å². The Morgan fingerprint density at radius 2 is 2.22 bits per heavy atom. The van der Waals surface area contributed by atoms with Crippen LogP contribution in [-0.4, -0.2) is 28.6 Å². The van der Waals surface area contributed by atoms with Crippen molar-refractivity contribution >= 4 is 22.9 Å². The van der Waals surface area contributed by atoms with E-state index in [-0.39, 0.29) is 24.0 Å². The molecule has 0 aliphatic heterocycles. The van der Waals surface area contributed by atoms with Crippen molar-refractivity contribution in [3.8, 4) is 0 Å². The van der Waals surface area contributed by atoms with E-state index in [1.54, 1.807) is 6.08 Å². The molecule has 4 heteroatoms. The van der Waals surface area contributed by atoms with Gasteiger partial charge in [0.1, 0.15) is 0 Å². The number of pyridine rings is 1. The molecule has 23 heavy (non-hydrogen) atoms. The van der Waals surface area contributed by atoms with Gasteiger partial charge in [-0.05, 0) is 31.1 Å². The van der Waals surface area contributed by atoms with Gasteiger partial charge in [-0.3, -0.25) is 4.79 Å². The third kappa shape index (κ3) is 3.42. The number of nitrogens with one attached hydrogen (secondary N) is 1. The minimum absolute atomic E-state index is 0.0363. The SMILES string of the molecule is CC1(CO)CCCC1NC(=O)/C=C/c1ccc2ccccc2n1. The Balaban J connectivity index is 1.68. The average Bonchev–Trinajstić information content (AvgIpc) is 2.94. The lowest BCUT2D eigenvalue weighted by Crippen LogP contribution is -2.44. The van der Waals surface area contributed by atoms with Gasteiger partial charge in [0.2, 0.25) is 5.91 Å². The number of aliphatic hydroxyl groups is 1. The van der Waals surface area contributed by atoms with Gasteiger partial charge in [-0.2, -0.15) is 0 Å². The maximum absolute atomic E-state index is 12.1. The molecule has 0 spiro atoms. The normalized spacial score (nSPS) is 24.3. The Hall–Kier alpha value is -2.20. The summed E-state index contributed by atoms with van der Waals surface area (Å²) in [7, 11) is 0. The summed E-state index contributed by atoms with van der Waals surface area (Å²) >= 11 is 0. The number of amides is 1. The van der Waals surface area contributed by atoms with Crippen LogP contribution >= 0.6 is 0 Å². The third-order valence-corrected chi connectivity index (χ3v) is 4.79. The van der Waals surface area contributed by atoms with Crippen LogP contribution in [0.15, 0.2) is 42.5 Å². The second-order valence-electron chi connectivity index (χ2n) is 6.53. The molecule has 1 aliphatic carbocycles. The van der Waals surface area contributed by atoms with Crippen LogP contribution in [0.4, 0.5) is 0 Å². The minimum atomic E-state index is -0.204. The van der Waals surface area contributed by atoms with Crippen molar-refractivity contribution in [1.29, 1.82) is 0 Å². The molecule has 1 heterocycles. The van der Waals surface area contributed by atoms with E-state index in [0.717, 1.165) is 35.9 Å². The highest BCUT2D eigenvalue weighted by Crippen LogP contribution is 2.37. The lowest BCUT2D eigenvalue weighted by Gasteiger charge is -2.29. The molecule has 2 atom stereocenters. The molecule has 120 valence electrons. The topological polar surface area (TPSA) is 62.2 Å². The number of para-hydroxylation sites is 1. The minimum Gasteiger partial charge on any atom is -0.396 e. The maximum Gasteiger partial charge on any atom is 0.244 e. The summed E-state index contributed by atoms with van der Waals surface area (Å²) in [6, 6.07) is 11.8. The Bertz CT molecular complexity index is 741. The van der Waals surface area contributed by atoms with E-state index in [9.17, 15) is 9.90 Å². The smallest absolute Gasteiger partial charge is 0.244 e. The van der Waals surface area contributed by atoms with E-state index in [0.29, 0.717) is 0 Å². The molecule has 3 rings (SSSR count). The molecule has 0 saturated heterocycles. The maximum atomic E-state index is 12.1. The molecule has 1 aromatic carbocycles. The fourth-order valence-corrected chi connectivity index (χ4v) is 3.22. The first-order valence-corrected chi connectivity index (χ1v) is 8.06. The van der Waals surface area contributed by atoms with Gasteiger partial charge in [-0.1, -0.05) is 37.6 Å². The number of carbonyl (C=O) groups is 1. The molecule has 1 amide bonds. The molecule has 2 N–H and O–H groups in total. The van der Waals surface area contributed by atoms with Gasteiger partial charge in [0.25, 0.3) is 0 Å². The van der Waals surface area contributed by atoms with Gasteiger partial charge in [0, 0.05) is 22.9 Å². The van der Waals surface area contributed by atoms with Gasteiger partial charge in [0.05, 0.1) is 17.8 Å². The van der Waals surface area contributed by atoms with Crippen molar-refractivity contribution in [2.24, 2.45) is 5.41 Å². The zero-order valence-corrected chi connectivity index (χ0v) is 13.3. The molecule has 1 fully saturated rings. The molecule has 1 saturated carbocycles. The zero-order chi connectivity index (χ0) is 16.3. The summed E-state index contributed by atoms with van der Waals surface area (Å²) < 4.78 is 0. The van der Waals surface area contributed by atoms with Gasteiger partial charge in [-0.15, -0.1) is 0 Å². The van der Waals surface area contributed by atoms with E-state index in [4.69, 9.17) is 0 Å². The number of rotatable bonds is 4. The van der Waals surface area contributed by atoms with E-state index >= 15 is 0 Å². The fourth-order valence-electron chi connectivity index (χ4n) is 3.22. The molecule has 0 bridgehead atoms. The lowest BCUT2D eigenvalue weighted by molar-refractivity contribution is -0.117. The van der Waals surface area contributed by atoms with Crippen molar-refractivity contribution in [2.75, 3.05) is 6.61 Å². The lowest BCUT2D eigenvalue weighted by atomic mass is 9.86. The number of nitrogens with zero attached hydrogens (tertiary/aromatic N) is 1. The highest BCUT2D eigenvalue weighted by molar-refractivity contribution is 5.92. The molecule has 1 aliphatic rings. The number of hydrogen-bond donors (Lipinski definition) is 2. The summed E-state index contributed by atoms with van der Waals surface area (Å²) in [5, 5.41) is 13.6. The molecular weight excluding hydrogens is 288 g/mol. The van der Waals surface area contributed by atoms with Crippen LogP contribution in [0.5, 0.6) is 0 Å². The standard InChI is InChI=1S/C19H22N2O2/c1-19(13-22)12-4-7-17(19)21-18(23)11-10-15-9-8-14-5-2-3-6-16(14)20-15/h2-3,5-6,8-11,17,22H,4,7,12-13H2,1H3,(H,21,23)/b11-10+. The first kappa shape index (κ1) is 15.7. The fraction of sp³-hybridized carbons (Fsp3) is 0.368. The number of fused-ring (bicyclic) bond motifs is 1. The molecule has 4 nitrogen and oxygen atoms in total. The van der Waals surface area contributed by atoms with Crippen molar-refractivity contribution in [2.45, 2.75) is 32.2 Å². The quantitative estimate of drug-likeness (QED) is 0.854. The number of aliphatic hydroxyl groups excluding tert-OH is 1. The van der Waals surface area contributed by atoms with Crippen molar-refractivity contribution < 1.29 is 9.90 Å². The van der Waals surface area contributed by atoms with Gasteiger partial charge >= 0.3 is 0 Å². The average molecular weight is 310 g/mol. The number of carbonyl (C=O) groups excluding carboxylic acids is 1. The molecule has 0 radical (unpaired) electrons. The second-order valence-corrected chi connectivity index (χ2v) is 6.53. The van der Waals surface area contributed by atoms with Crippen molar-refractivity contribution in [3.05, 3.63) is 48.2 Å². The van der Waals surface area contributed by atoms with Crippen LogP contribution in [0.2, 0.25) is 0 Å². The Morgan fingerprint density at radius 1 is 1.39 bits per heavy atom. The Labute approximate surface area is 136 Å². The van der Waals surface area contributed by atoms with Crippen LogP contribution in [0.25, 0.3) is 17.0 Å². The molecule has 2 unspecified atom stereocenters. The summed E-state index contributed by atoms with van der Waals surface area (Å²) in [5.74, 6) is -0.133.